The molecule has 0 spiro atoms. The first-order valence-corrected chi connectivity index (χ1v) is 8.33. The number of anilines is 2. The first kappa shape index (κ1) is 20.1. The average Bonchev–Trinajstić information content (AvgIpc) is 2.61. The molecule has 0 unspecified atom stereocenters. The van der Waals surface area contributed by atoms with Gasteiger partial charge in [-0.2, -0.15) is 0 Å². The molecule has 0 radical (unpaired) electrons. The monoisotopic (exact) mass is 372 g/mol. The topological polar surface area (TPSA) is 91.1 Å². The van der Waals surface area contributed by atoms with Crippen LogP contribution in [-0.4, -0.2) is 31.8 Å². The van der Waals surface area contributed by atoms with Gasteiger partial charge in [0.15, 0.2) is 0 Å². The van der Waals surface area contributed by atoms with Gasteiger partial charge in [-0.1, -0.05) is 0 Å². The van der Waals surface area contributed by atoms with E-state index in [0.717, 1.165) is 0 Å². The van der Waals surface area contributed by atoms with Crippen LogP contribution >= 0.6 is 0 Å². The summed E-state index contributed by atoms with van der Waals surface area (Å²) in [5.74, 6) is 0.387. The minimum atomic E-state index is -0.658. The number of amides is 1. The van der Waals surface area contributed by atoms with Crippen molar-refractivity contribution in [3.8, 4) is 11.5 Å². The van der Waals surface area contributed by atoms with Crippen LogP contribution in [0.5, 0.6) is 11.5 Å². The van der Waals surface area contributed by atoms with Crippen molar-refractivity contribution in [1.82, 2.24) is 0 Å². The minimum absolute atomic E-state index is 0.179. The van der Waals surface area contributed by atoms with Crippen molar-refractivity contribution in [2.45, 2.75) is 26.4 Å². The van der Waals surface area contributed by atoms with E-state index in [4.69, 9.17) is 19.9 Å². The molecule has 0 aliphatic carbocycles. The third-order valence-corrected chi connectivity index (χ3v) is 3.52. The molecule has 7 nitrogen and oxygen atoms in total. The van der Waals surface area contributed by atoms with E-state index in [2.05, 4.69) is 0 Å². The van der Waals surface area contributed by atoms with Gasteiger partial charge in [0.2, 0.25) is 0 Å². The van der Waals surface area contributed by atoms with Crippen LogP contribution in [0.25, 0.3) is 0 Å². The van der Waals surface area contributed by atoms with Gasteiger partial charge >= 0.3 is 12.1 Å². The van der Waals surface area contributed by atoms with Crippen molar-refractivity contribution in [3.05, 3.63) is 48.0 Å². The molecule has 0 aliphatic heterocycles. The molecule has 2 aromatic rings. The highest BCUT2D eigenvalue weighted by atomic mass is 16.6. The maximum atomic E-state index is 12.3. The van der Waals surface area contributed by atoms with Crippen molar-refractivity contribution in [1.29, 1.82) is 0 Å². The standard InChI is InChI=1S/C20H24N2O5/c1-20(2,3)27-19(24)22(4)17-11-10-15(12-16(17)18(23)25-5)26-14-8-6-13(21)7-9-14/h6-12H,21H2,1-5H3. The van der Waals surface area contributed by atoms with Crippen molar-refractivity contribution in [3.63, 3.8) is 0 Å². The summed E-state index contributed by atoms with van der Waals surface area (Å²) in [6.45, 7) is 5.30. The quantitative estimate of drug-likeness (QED) is 0.638. The number of benzene rings is 2. The number of hydrogen-bond donors (Lipinski definition) is 1. The number of nitrogens with two attached hydrogens (primary N) is 1. The number of esters is 1. The van der Waals surface area contributed by atoms with Crippen molar-refractivity contribution >= 4 is 23.4 Å². The van der Waals surface area contributed by atoms with Gasteiger partial charge in [0.05, 0.1) is 18.4 Å². The highest BCUT2D eigenvalue weighted by Crippen LogP contribution is 2.30. The van der Waals surface area contributed by atoms with Gasteiger partial charge in [0.25, 0.3) is 0 Å². The predicted molar refractivity (Wildman–Crippen MR) is 103 cm³/mol. The molecule has 0 heterocycles. The van der Waals surface area contributed by atoms with E-state index >= 15 is 0 Å². The van der Waals surface area contributed by atoms with Crippen LogP contribution in [0.15, 0.2) is 42.5 Å². The average molecular weight is 372 g/mol. The maximum absolute atomic E-state index is 12.3. The van der Waals surface area contributed by atoms with Crippen LogP contribution in [-0.2, 0) is 9.47 Å². The molecule has 0 fully saturated rings. The minimum Gasteiger partial charge on any atom is -0.465 e. The second kappa shape index (κ2) is 7.99. The summed E-state index contributed by atoms with van der Waals surface area (Å²) in [6, 6.07) is 11.6. The molecule has 2 rings (SSSR count). The van der Waals surface area contributed by atoms with Gasteiger partial charge in [-0.25, -0.2) is 9.59 Å². The van der Waals surface area contributed by atoms with Crippen LogP contribution in [0, 0.1) is 0 Å². The van der Waals surface area contributed by atoms with Gasteiger partial charge < -0.3 is 19.9 Å². The molecule has 7 heteroatoms. The third kappa shape index (κ3) is 5.37. The van der Waals surface area contributed by atoms with E-state index in [1.165, 1.54) is 25.1 Å². The zero-order chi connectivity index (χ0) is 20.2. The summed E-state index contributed by atoms with van der Waals surface area (Å²) in [5, 5.41) is 0. The predicted octanol–water partition coefficient (Wildman–Crippen LogP) is 4.22. The number of carbonyl (C=O) groups is 2. The maximum Gasteiger partial charge on any atom is 0.414 e. The van der Waals surface area contributed by atoms with Crippen LogP contribution in [0.2, 0.25) is 0 Å². The van der Waals surface area contributed by atoms with Crippen LogP contribution in [0.4, 0.5) is 16.2 Å². The van der Waals surface area contributed by atoms with Gasteiger partial charge in [-0.3, -0.25) is 4.90 Å². The first-order chi connectivity index (χ1) is 12.6. The molecule has 0 aromatic heterocycles. The van der Waals surface area contributed by atoms with Crippen LogP contribution in [0.3, 0.4) is 0 Å². The zero-order valence-electron chi connectivity index (χ0n) is 16.1. The van der Waals surface area contributed by atoms with Crippen molar-refractivity contribution in [2.75, 3.05) is 24.8 Å². The molecule has 144 valence electrons. The molecule has 2 N–H and O–H groups in total. The highest BCUT2D eigenvalue weighted by molar-refractivity contribution is 6.01. The largest absolute Gasteiger partial charge is 0.465 e. The molecular formula is C20H24N2O5. The van der Waals surface area contributed by atoms with E-state index in [1.54, 1.807) is 57.2 Å². The number of ether oxygens (including phenoxy) is 3. The Morgan fingerprint density at radius 1 is 1.00 bits per heavy atom. The molecular weight excluding hydrogens is 348 g/mol. The van der Waals surface area contributed by atoms with Gasteiger partial charge in [-0.15, -0.1) is 0 Å². The lowest BCUT2D eigenvalue weighted by Gasteiger charge is -2.25. The molecule has 2 aromatic carbocycles. The van der Waals surface area contributed by atoms with Gasteiger partial charge in [-0.05, 0) is 63.2 Å². The highest BCUT2D eigenvalue weighted by Gasteiger charge is 2.24. The van der Waals surface area contributed by atoms with Gasteiger partial charge in [0.1, 0.15) is 17.1 Å². The number of hydrogen-bond acceptors (Lipinski definition) is 6. The smallest absolute Gasteiger partial charge is 0.414 e. The molecule has 27 heavy (non-hydrogen) atoms. The second-order valence-electron chi connectivity index (χ2n) is 6.88. The number of methoxy groups -OCH3 is 1. The molecule has 0 saturated carbocycles. The van der Waals surface area contributed by atoms with E-state index < -0.39 is 17.7 Å². The number of nitrogens with zero attached hydrogens (tertiary/aromatic N) is 1. The van der Waals surface area contributed by atoms with Crippen LogP contribution < -0.4 is 15.4 Å². The van der Waals surface area contributed by atoms with E-state index in [-0.39, 0.29) is 5.56 Å². The lowest BCUT2D eigenvalue weighted by atomic mass is 10.1. The molecule has 0 atom stereocenters. The Hall–Kier alpha value is -3.22. The Morgan fingerprint density at radius 3 is 2.15 bits per heavy atom. The van der Waals surface area contributed by atoms with Crippen molar-refractivity contribution < 1.29 is 23.8 Å². The molecule has 0 bridgehead atoms. The van der Waals surface area contributed by atoms with Crippen LogP contribution in [0.1, 0.15) is 31.1 Å². The fraction of sp³-hybridized carbons (Fsp3) is 0.300. The lowest BCUT2D eigenvalue weighted by molar-refractivity contribution is 0.0587. The summed E-state index contributed by atoms with van der Waals surface area (Å²) < 4.78 is 15.9. The Kier molecular flexibility index (Phi) is 5.95. The molecule has 1 amide bonds. The summed E-state index contributed by atoms with van der Waals surface area (Å²) in [7, 11) is 2.80. The van der Waals surface area contributed by atoms with E-state index in [0.29, 0.717) is 22.9 Å². The summed E-state index contributed by atoms with van der Waals surface area (Å²) in [4.78, 5) is 25.8. The summed E-state index contributed by atoms with van der Waals surface area (Å²) in [6.07, 6.45) is -0.583. The Labute approximate surface area is 158 Å². The lowest BCUT2D eigenvalue weighted by Crippen LogP contribution is -2.35. The van der Waals surface area contributed by atoms with E-state index in [1.807, 2.05) is 0 Å². The fourth-order valence-electron chi connectivity index (χ4n) is 2.25. The Morgan fingerprint density at radius 2 is 1.59 bits per heavy atom. The van der Waals surface area contributed by atoms with Gasteiger partial charge in [0, 0.05) is 12.7 Å². The number of nitrogen functional groups attached to an aromatic ring is 1. The Balaban J connectivity index is 2.33. The number of rotatable bonds is 4. The first-order valence-electron chi connectivity index (χ1n) is 8.33. The molecule has 0 saturated heterocycles. The Bertz CT molecular complexity index is 825. The fourth-order valence-corrected chi connectivity index (χ4v) is 2.25. The third-order valence-electron chi connectivity index (χ3n) is 3.52. The zero-order valence-corrected chi connectivity index (χ0v) is 16.1. The van der Waals surface area contributed by atoms with Crippen molar-refractivity contribution in [2.24, 2.45) is 0 Å². The SMILES string of the molecule is COC(=O)c1cc(Oc2ccc(N)cc2)ccc1N(C)C(=O)OC(C)(C)C. The summed E-state index contributed by atoms with van der Waals surface area (Å²) >= 11 is 0. The van der Waals surface area contributed by atoms with E-state index in [9.17, 15) is 9.59 Å². The summed E-state index contributed by atoms with van der Waals surface area (Å²) in [5.41, 5.74) is 6.15. The normalized spacial score (nSPS) is 10.9. The number of carbonyl (C=O) groups excluding carboxylic acids is 2. The second-order valence-corrected chi connectivity index (χ2v) is 6.88. The molecule has 0 aliphatic rings.